The van der Waals surface area contributed by atoms with Crippen LogP contribution in [0.3, 0.4) is 0 Å². The third-order valence-electron chi connectivity index (χ3n) is 4.09. The molecule has 150 valence electrons. The van der Waals surface area contributed by atoms with Gasteiger partial charge < -0.3 is 4.74 Å². The molecule has 0 fully saturated rings. The summed E-state index contributed by atoms with van der Waals surface area (Å²) in [6.07, 6.45) is -0.300. The van der Waals surface area contributed by atoms with Crippen molar-refractivity contribution in [2.45, 2.75) is 25.9 Å². The van der Waals surface area contributed by atoms with Crippen LogP contribution in [0.5, 0.6) is 0 Å². The predicted molar refractivity (Wildman–Crippen MR) is 106 cm³/mol. The third-order valence-corrected chi connectivity index (χ3v) is 4.85. The molecule has 1 N–H and O–H groups in total. The number of hydrogen-bond acceptors (Lipinski definition) is 5. The summed E-state index contributed by atoms with van der Waals surface area (Å²) < 4.78 is 31.6. The molecule has 3 rings (SSSR count). The molecule has 1 amide bonds. The van der Waals surface area contributed by atoms with Gasteiger partial charge in [-0.1, -0.05) is 30.3 Å². The highest BCUT2D eigenvalue weighted by molar-refractivity contribution is 7.14. The minimum atomic E-state index is -0.992. The molecule has 29 heavy (non-hydrogen) atoms. The van der Waals surface area contributed by atoms with Crippen LogP contribution in [0, 0.1) is 11.6 Å². The Morgan fingerprint density at radius 1 is 1.14 bits per heavy atom. The number of rotatable bonds is 7. The van der Waals surface area contributed by atoms with Crippen LogP contribution in [0.25, 0.3) is 11.3 Å². The fraction of sp³-hybridized carbons (Fsp3) is 0.190. The first-order valence-electron chi connectivity index (χ1n) is 8.87. The maximum absolute atomic E-state index is 13.4. The first-order chi connectivity index (χ1) is 13.9. The quantitative estimate of drug-likeness (QED) is 0.572. The number of nitrogens with zero attached hydrogens (tertiary/aromatic N) is 1. The van der Waals surface area contributed by atoms with Gasteiger partial charge in [0.05, 0.1) is 5.69 Å². The molecule has 2 aromatic carbocycles. The summed E-state index contributed by atoms with van der Waals surface area (Å²) in [6.45, 7) is 1.47. The molecule has 1 heterocycles. The van der Waals surface area contributed by atoms with Gasteiger partial charge >= 0.3 is 5.97 Å². The predicted octanol–water partition coefficient (Wildman–Crippen LogP) is 4.59. The SMILES string of the molecule is C[C@@H](OC(=O)CCc1ccccc1)C(=O)Nc1nc(-c2ccc(F)c(F)c2)cs1. The van der Waals surface area contributed by atoms with E-state index >= 15 is 0 Å². The molecule has 1 atom stereocenters. The second-order valence-electron chi connectivity index (χ2n) is 6.27. The van der Waals surface area contributed by atoms with Crippen LogP contribution in [-0.2, 0) is 20.7 Å². The number of hydrogen-bond donors (Lipinski definition) is 1. The van der Waals surface area contributed by atoms with E-state index < -0.39 is 29.6 Å². The molecule has 0 aliphatic carbocycles. The number of anilines is 1. The van der Waals surface area contributed by atoms with E-state index in [1.54, 1.807) is 5.38 Å². The number of nitrogens with one attached hydrogen (secondary N) is 1. The summed E-state index contributed by atoms with van der Waals surface area (Å²) in [5.74, 6) is -2.92. The highest BCUT2D eigenvalue weighted by Crippen LogP contribution is 2.26. The first kappa shape index (κ1) is 20.6. The standard InChI is InChI=1S/C21H18F2N2O3S/c1-13(28-19(26)10-7-14-5-3-2-4-6-14)20(27)25-21-24-18(12-29-21)15-8-9-16(22)17(23)11-15/h2-6,8-9,11-13H,7,10H2,1H3,(H,24,25,27)/t13-/m1/s1. The molecule has 0 aliphatic heterocycles. The van der Waals surface area contributed by atoms with E-state index in [1.807, 2.05) is 30.3 Å². The summed E-state index contributed by atoms with van der Waals surface area (Å²) >= 11 is 1.13. The maximum atomic E-state index is 13.4. The zero-order valence-corrected chi connectivity index (χ0v) is 16.3. The van der Waals surface area contributed by atoms with Crippen LogP contribution in [-0.4, -0.2) is 23.0 Å². The lowest BCUT2D eigenvalue weighted by atomic mass is 10.1. The van der Waals surface area contributed by atoms with Gasteiger partial charge in [0, 0.05) is 17.4 Å². The van der Waals surface area contributed by atoms with E-state index in [9.17, 15) is 18.4 Å². The molecule has 0 spiro atoms. The average Bonchev–Trinajstić information content (AvgIpc) is 3.17. The maximum Gasteiger partial charge on any atom is 0.306 e. The molecular formula is C21H18F2N2O3S. The van der Waals surface area contributed by atoms with Crippen molar-refractivity contribution in [2.24, 2.45) is 0 Å². The molecule has 0 saturated carbocycles. The number of ether oxygens (including phenoxy) is 1. The number of halogens is 2. The molecule has 0 saturated heterocycles. The van der Waals surface area contributed by atoms with Gasteiger partial charge in [0.25, 0.3) is 5.91 Å². The van der Waals surface area contributed by atoms with Crippen molar-refractivity contribution in [1.82, 2.24) is 4.98 Å². The van der Waals surface area contributed by atoms with Gasteiger partial charge in [-0.25, -0.2) is 13.8 Å². The lowest BCUT2D eigenvalue weighted by Crippen LogP contribution is -2.30. The van der Waals surface area contributed by atoms with Gasteiger partial charge in [-0.05, 0) is 37.1 Å². The van der Waals surface area contributed by atoms with Crippen molar-refractivity contribution < 1.29 is 23.1 Å². The number of amides is 1. The second kappa shape index (κ2) is 9.38. The lowest BCUT2D eigenvalue weighted by molar-refractivity contribution is -0.153. The molecule has 5 nitrogen and oxygen atoms in total. The summed E-state index contributed by atoms with van der Waals surface area (Å²) in [6, 6.07) is 12.9. The van der Waals surface area contributed by atoms with Crippen LogP contribution in [0.2, 0.25) is 0 Å². The Bertz CT molecular complexity index is 1010. The Morgan fingerprint density at radius 2 is 1.90 bits per heavy atom. The van der Waals surface area contributed by atoms with Crippen molar-refractivity contribution in [2.75, 3.05) is 5.32 Å². The molecule has 3 aromatic rings. The Kier molecular flexibility index (Phi) is 6.66. The highest BCUT2D eigenvalue weighted by atomic mass is 32.1. The Morgan fingerprint density at radius 3 is 2.62 bits per heavy atom. The zero-order chi connectivity index (χ0) is 20.8. The molecule has 0 bridgehead atoms. The Labute approximate surface area is 170 Å². The number of aryl methyl sites for hydroxylation is 1. The van der Waals surface area contributed by atoms with E-state index in [2.05, 4.69) is 10.3 Å². The zero-order valence-electron chi connectivity index (χ0n) is 15.5. The number of carbonyl (C=O) groups excluding carboxylic acids is 2. The molecule has 0 aliphatic rings. The lowest BCUT2D eigenvalue weighted by Gasteiger charge is -2.12. The number of benzene rings is 2. The highest BCUT2D eigenvalue weighted by Gasteiger charge is 2.19. The molecule has 1 aromatic heterocycles. The summed E-state index contributed by atoms with van der Waals surface area (Å²) in [5.41, 5.74) is 1.80. The first-order valence-corrected chi connectivity index (χ1v) is 9.75. The Balaban J connectivity index is 1.52. The summed E-state index contributed by atoms with van der Waals surface area (Å²) in [5, 5.41) is 4.44. The van der Waals surface area contributed by atoms with Crippen molar-refractivity contribution in [3.63, 3.8) is 0 Å². The fourth-order valence-electron chi connectivity index (χ4n) is 2.53. The van der Waals surface area contributed by atoms with Gasteiger partial charge in [0.1, 0.15) is 0 Å². The fourth-order valence-corrected chi connectivity index (χ4v) is 3.25. The molecule has 0 radical (unpaired) electrons. The van der Waals surface area contributed by atoms with E-state index in [4.69, 9.17) is 4.74 Å². The van der Waals surface area contributed by atoms with Crippen LogP contribution in [0.1, 0.15) is 18.9 Å². The van der Waals surface area contributed by atoms with Gasteiger partial charge in [-0.3, -0.25) is 14.9 Å². The summed E-state index contributed by atoms with van der Waals surface area (Å²) in [4.78, 5) is 28.4. The van der Waals surface area contributed by atoms with Crippen molar-refractivity contribution in [1.29, 1.82) is 0 Å². The minimum absolute atomic E-state index is 0.166. The van der Waals surface area contributed by atoms with Gasteiger partial charge in [0.15, 0.2) is 22.9 Å². The molecule has 8 heteroatoms. The van der Waals surface area contributed by atoms with Gasteiger partial charge in [0.2, 0.25) is 0 Å². The van der Waals surface area contributed by atoms with E-state index in [0.717, 1.165) is 29.0 Å². The van der Waals surface area contributed by atoms with E-state index in [1.165, 1.54) is 13.0 Å². The number of esters is 1. The van der Waals surface area contributed by atoms with Gasteiger partial charge in [-0.2, -0.15) is 0 Å². The van der Waals surface area contributed by atoms with Crippen LogP contribution in [0.15, 0.2) is 53.9 Å². The van der Waals surface area contributed by atoms with Crippen molar-refractivity contribution in [3.8, 4) is 11.3 Å². The average molecular weight is 416 g/mol. The Hall–Kier alpha value is -3.13. The number of carbonyl (C=O) groups is 2. The second-order valence-corrected chi connectivity index (χ2v) is 7.13. The number of thiazole rings is 1. The van der Waals surface area contributed by atoms with E-state index in [-0.39, 0.29) is 11.6 Å². The largest absolute Gasteiger partial charge is 0.453 e. The monoisotopic (exact) mass is 416 g/mol. The normalized spacial score (nSPS) is 11.7. The van der Waals surface area contributed by atoms with Crippen molar-refractivity contribution >= 4 is 28.3 Å². The topological polar surface area (TPSA) is 68.3 Å². The van der Waals surface area contributed by atoms with Crippen LogP contribution in [0.4, 0.5) is 13.9 Å². The third kappa shape index (κ3) is 5.68. The summed E-state index contributed by atoms with van der Waals surface area (Å²) in [7, 11) is 0. The van der Waals surface area contributed by atoms with Gasteiger partial charge in [-0.15, -0.1) is 11.3 Å². The van der Waals surface area contributed by atoms with Crippen LogP contribution >= 0.6 is 11.3 Å². The van der Waals surface area contributed by atoms with Crippen LogP contribution < -0.4 is 5.32 Å². The van der Waals surface area contributed by atoms with E-state index in [0.29, 0.717) is 17.7 Å². The molecular weight excluding hydrogens is 398 g/mol. The van der Waals surface area contributed by atoms with Crippen molar-refractivity contribution in [3.05, 3.63) is 71.1 Å². The minimum Gasteiger partial charge on any atom is -0.453 e. The smallest absolute Gasteiger partial charge is 0.306 e. The number of aromatic nitrogens is 1. The molecule has 0 unspecified atom stereocenters.